The van der Waals surface area contributed by atoms with Gasteiger partial charge in [0, 0.05) is 22.0 Å². The predicted molar refractivity (Wildman–Crippen MR) is 496 cm³/mol. The standard InChI is InChI=1S/C18H28O9.C17H28O6.C16H27NO5.C16H25NO5.2C16H26O6/c1-4-18(2,3)17(25)27-9-13(19)8-26-16(24)12-6-10(14(20)21)5-11(7-12)15(22)23;1-4-16(2,3)15(21)23-10-9-22-14(20)12-17(11-13(18)19)7-5-6-8-17;2*1-4-16(2,3)15(21)17-9-10-22-14(20)12-8-6-5-7-11(12)13(18)19;1-4-16(2,3)15(20)22-10-9-21-14(19)12-7-5-11(6-8-12)13(17)18;1-4-16(2,3)15(20)22-10-9-21-14(19)12-8-6-5-7-11(12)13(17)18/h10-13,19H,4-9H2,1-3H3,(H,20,21)(H,22,23);4-12H2,1-3H3,(H,18,19);11-12H,4-10H2,1-3H3,(H,17,21)(H,18,19);4-10H2,1-3H3,(H,17,21)(H,18,19);2*11-12H,4-10H2,1-3H3,(H,17,18). The zero-order valence-electron chi connectivity index (χ0n) is 84.6. The summed E-state index contributed by atoms with van der Waals surface area (Å²) in [6, 6.07) is 0. The molecule has 2 amide bonds. The Hall–Kier alpha value is -10.4. The smallest absolute Gasteiger partial charge is 0.334 e. The molecular formula is C99H160N2O37. The van der Waals surface area contributed by atoms with E-state index in [2.05, 4.69) is 10.6 Å². The van der Waals surface area contributed by atoms with Crippen LogP contribution in [0.2, 0.25) is 0 Å². The maximum atomic E-state index is 12.2. The number of carbonyl (C=O) groups excluding carboxylic acids is 12. The number of aliphatic carboxylic acids is 7. The van der Waals surface area contributed by atoms with Crippen molar-refractivity contribution in [3.05, 3.63) is 11.1 Å². The van der Waals surface area contributed by atoms with Crippen LogP contribution >= 0.6 is 0 Å². The summed E-state index contributed by atoms with van der Waals surface area (Å²) in [5.41, 5.74) is -3.25. The normalized spacial score (nSPS) is 20.4. The second-order valence-corrected chi connectivity index (χ2v) is 40.0. The molecule has 0 aliphatic heterocycles. The lowest BCUT2D eigenvalue weighted by Gasteiger charge is -2.29. The number of esters is 10. The first-order chi connectivity index (χ1) is 64.3. The summed E-state index contributed by atoms with van der Waals surface area (Å²) in [6.07, 6.45) is 16.3. The van der Waals surface area contributed by atoms with Crippen LogP contribution in [0.1, 0.15) is 324 Å². The van der Waals surface area contributed by atoms with Gasteiger partial charge in [0.15, 0.2) is 0 Å². The van der Waals surface area contributed by atoms with Crippen LogP contribution in [0.3, 0.4) is 0 Å². The molecule has 0 aromatic rings. The second-order valence-electron chi connectivity index (χ2n) is 40.0. The second kappa shape index (κ2) is 61.9. The zero-order valence-corrected chi connectivity index (χ0v) is 84.6. The fourth-order valence-electron chi connectivity index (χ4n) is 15.1. The molecule has 6 aliphatic carbocycles. The molecule has 0 aromatic carbocycles. The summed E-state index contributed by atoms with van der Waals surface area (Å²) in [5, 5.41) is 78.9. The van der Waals surface area contributed by atoms with Crippen LogP contribution in [0.4, 0.5) is 0 Å². The summed E-state index contributed by atoms with van der Waals surface area (Å²) in [6.45, 7) is 33.0. The van der Waals surface area contributed by atoms with Gasteiger partial charge in [0.25, 0.3) is 0 Å². The fraction of sp³-hybridized carbons (Fsp3) is 0.788. The monoisotopic (exact) mass is 1970 g/mol. The van der Waals surface area contributed by atoms with Crippen LogP contribution < -0.4 is 10.6 Å². The van der Waals surface area contributed by atoms with Gasteiger partial charge >= 0.3 is 101 Å². The Morgan fingerprint density at radius 1 is 0.319 bits per heavy atom. The first-order valence-corrected chi connectivity index (χ1v) is 48.6. The fourth-order valence-corrected chi connectivity index (χ4v) is 15.1. The van der Waals surface area contributed by atoms with Crippen LogP contribution in [0.15, 0.2) is 11.1 Å². The van der Waals surface area contributed by atoms with Crippen LogP contribution in [-0.2, 0) is 138 Å². The average Bonchev–Trinajstić information content (AvgIpc) is 1.68. The molecule has 10 N–H and O–H groups in total. The highest BCUT2D eigenvalue weighted by atomic mass is 16.6. The van der Waals surface area contributed by atoms with Crippen LogP contribution in [-0.4, -0.2) is 239 Å². The molecule has 0 aromatic heterocycles. The number of aliphatic hydroxyl groups is 1. The number of ether oxygens (including phenoxy) is 10. The molecule has 0 bridgehead atoms. The molecule has 39 heteroatoms. The van der Waals surface area contributed by atoms with Gasteiger partial charge in [-0.2, -0.15) is 0 Å². The Balaban J connectivity index is 0.000000829. The van der Waals surface area contributed by atoms with Gasteiger partial charge in [-0.25, -0.2) is 9.59 Å². The molecule has 788 valence electrons. The van der Waals surface area contributed by atoms with E-state index in [0.29, 0.717) is 96.3 Å². The van der Waals surface area contributed by atoms with Crippen molar-refractivity contribution in [3.63, 3.8) is 0 Å². The highest BCUT2D eigenvalue weighted by Gasteiger charge is 2.44. The van der Waals surface area contributed by atoms with Crippen molar-refractivity contribution in [2.45, 2.75) is 330 Å². The molecule has 0 radical (unpaired) electrons. The zero-order chi connectivity index (χ0) is 105. The van der Waals surface area contributed by atoms with E-state index in [0.717, 1.165) is 70.6 Å². The summed E-state index contributed by atoms with van der Waals surface area (Å²) in [7, 11) is 0. The van der Waals surface area contributed by atoms with E-state index in [1.807, 2.05) is 83.1 Å². The third-order valence-corrected chi connectivity index (χ3v) is 27.1. The largest absolute Gasteiger partial charge is 0.481 e. The number of rotatable bonds is 46. The van der Waals surface area contributed by atoms with Crippen molar-refractivity contribution in [1.82, 2.24) is 10.6 Å². The van der Waals surface area contributed by atoms with Crippen molar-refractivity contribution < 1.29 is 179 Å². The number of carboxylic acid groups (broad SMARTS) is 7. The first-order valence-electron chi connectivity index (χ1n) is 48.6. The van der Waals surface area contributed by atoms with Crippen molar-refractivity contribution in [1.29, 1.82) is 0 Å². The topological polar surface area (TPSA) is 603 Å². The summed E-state index contributed by atoms with van der Waals surface area (Å²) in [4.78, 5) is 220. The number of amides is 2. The molecular weight excluding hydrogens is 1810 g/mol. The molecule has 5 saturated carbocycles. The molecule has 0 saturated heterocycles. The number of carboxylic acids is 7. The van der Waals surface area contributed by atoms with E-state index in [4.69, 9.17) is 83.1 Å². The van der Waals surface area contributed by atoms with Gasteiger partial charge < -0.3 is 98.9 Å². The van der Waals surface area contributed by atoms with Crippen molar-refractivity contribution >= 4 is 113 Å². The van der Waals surface area contributed by atoms with E-state index in [1.165, 1.54) is 0 Å². The maximum Gasteiger partial charge on any atom is 0.334 e. The summed E-state index contributed by atoms with van der Waals surface area (Å²) < 4.78 is 50.8. The highest BCUT2D eigenvalue weighted by Crippen LogP contribution is 2.45. The van der Waals surface area contributed by atoms with Crippen molar-refractivity contribution in [3.8, 4) is 0 Å². The molecule has 7 atom stereocenters. The number of nitrogens with one attached hydrogen (secondary N) is 2. The third-order valence-electron chi connectivity index (χ3n) is 27.1. The lowest BCUT2D eigenvalue weighted by molar-refractivity contribution is -0.164. The van der Waals surface area contributed by atoms with Crippen LogP contribution in [0.25, 0.3) is 0 Å². The molecule has 6 rings (SSSR count). The average molecular weight is 1970 g/mol. The molecule has 6 aliphatic rings. The Morgan fingerprint density at radius 3 is 1.01 bits per heavy atom. The third kappa shape index (κ3) is 45.7. The summed E-state index contributed by atoms with van der Waals surface area (Å²) in [5.74, 6) is -17.3. The van der Waals surface area contributed by atoms with E-state index < -0.39 is 170 Å². The van der Waals surface area contributed by atoms with E-state index in [1.54, 1.807) is 41.5 Å². The lowest BCUT2D eigenvalue weighted by Crippen LogP contribution is -2.39. The Bertz CT molecular complexity index is 3930. The molecule has 0 heterocycles. The minimum atomic E-state index is -1.22. The molecule has 0 spiro atoms. The minimum Gasteiger partial charge on any atom is -0.481 e. The van der Waals surface area contributed by atoms with Gasteiger partial charge in [0.1, 0.15) is 72.2 Å². The molecule has 7 unspecified atom stereocenters. The molecule has 5 fully saturated rings. The first kappa shape index (κ1) is 126. The maximum absolute atomic E-state index is 12.2. The van der Waals surface area contributed by atoms with Gasteiger partial charge in [-0.1, -0.05) is 108 Å². The molecule has 138 heavy (non-hydrogen) atoms. The number of carbonyl (C=O) groups is 19. The Morgan fingerprint density at radius 2 is 0.638 bits per heavy atom. The van der Waals surface area contributed by atoms with E-state index in [9.17, 15) is 96.2 Å². The Labute approximate surface area is 810 Å². The van der Waals surface area contributed by atoms with Gasteiger partial charge in [0.2, 0.25) is 11.8 Å². The SMILES string of the molecule is CCC(C)(C)C(=O)NCCOC(=O)C1=C(C(=O)O)CCCC1.CCC(C)(C)C(=O)NCCOC(=O)C1CCCCC1C(=O)O.CCC(C)(C)C(=O)OCC(O)COC(=O)C1CC(C(=O)O)CC(C(=O)O)C1.CCC(C)(C)C(=O)OCCOC(=O)C1CCC(C(=O)O)CC1.CCC(C)(C)C(=O)OCCOC(=O)C1CCCCC1C(=O)O.CCC(C)(C)C(=O)OCCOC(=O)CC1(CC(=O)O)CCCC1. The highest BCUT2D eigenvalue weighted by molar-refractivity contribution is 6.00. The van der Waals surface area contributed by atoms with E-state index in [-0.39, 0.29) is 163 Å². The Kier molecular flexibility index (Phi) is 56.4. The lowest BCUT2D eigenvalue weighted by atomic mass is 9.75. The van der Waals surface area contributed by atoms with Gasteiger partial charge in [-0.3, -0.25) is 81.5 Å². The van der Waals surface area contributed by atoms with Gasteiger partial charge in [-0.15, -0.1) is 0 Å². The van der Waals surface area contributed by atoms with Gasteiger partial charge in [-0.05, 0) is 208 Å². The predicted octanol–water partition coefficient (Wildman–Crippen LogP) is 12.8. The number of hydrogen-bond acceptors (Lipinski definition) is 30. The number of aliphatic hydroxyl groups excluding tert-OH is 1. The summed E-state index contributed by atoms with van der Waals surface area (Å²) >= 11 is 0. The van der Waals surface area contributed by atoms with Crippen LogP contribution in [0, 0.1) is 91.2 Å². The van der Waals surface area contributed by atoms with Gasteiger partial charge in [0.05, 0.1) is 101 Å². The van der Waals surface area contributed by atoms with Crippen LogP contribution in [0.5, 0.6) is 0 Å². The van der Waals surface area contributed by atoms with E-state index >= 15 is 0 Å². The quantitative estimate of drug-likeness (QED) is 0.0154. The minimum absolute atomic E-state index is 0.00153. The van der Waals surface area contributed by atoms with Crippen molar-refractivity contribution in [2.75, 3.05) is 79.2 Å². The van der Waals surface area contributed by atoms with Crippen molar-refractivity contribution in [2.24, 2.45) is 91.2 Å². The number of hydrogen-bond donors (Lipinski definition) is 10. The molecule has 39 nitrogen and oxygen atoms in total.